The van der Waals surface area contributed by atoms with Gasteiger partial charge in [0.05, 0.1) is 12.6 Å². The summed E-state index contributed by atoms with van der Waals surface area (Å²) in [5.74, 6) is -2.51. The molecule has 5 N–H and O–H groups in total. The average Bonchev–Trinajstić information content (AvgIpc) is 3.38. The van der Waals surface area contributed by atoms with E-state index in [0.717, 1.165) is 6.42 Å². The molecule has 0 aliphatic carbocycles. The number of nitrogens with zero attached hydrogens (tertiary/aromatic N) is 2. The summed E-state index contributed by atoms with van der Waals surface area (Å²) < 4.78 is 0. The average molecular weight is 412 g/mol. The molecule has 0 aromatic heterocycles. The molecule has 2 fully saturated rings. The monoisotopic (exact) mass is 412 g/mol. The third kappa shape index (κ3) is 5.05. The Morgan fingerprint density at radius 1 is 1.10 bits per heavy atom. The van der Waals surface area contributed by atoms with Crippen LogP contribution >= 0.6 is 0 Å². The molecule has 0 radical (unpaired) electrons. The molecule has 0 aromatic carbocycles. The van der Waals surface area contributed by atoms with Gasteiger partial charge in [0.25, 0.3) is 0 Å². The molecular weight excluding hydrogens is 380 g/mol. The second-order valence-corrected chi connectivity index (χ2v) is 7.87. The van der Waals surface area contributed by atoms with Crippen LogP contribution in [-0.2, 0) is 19.2 Å². The molecule has 5 unspecified atom stereocenters. The smallest absolute Gasteiger partial charge is 0.328 e. The first-order chi connectivity index (χ1) is 13.7. The first-order valence-electron chi connectivity index (χ1n) is 10.2. The van der Waals surface area contributed by atoms with Crippen LogP contribution in [0.3, 0.4) is 0 Å². The van der Waals surface area contributed by atoms with Gasteiger partial charge in [-0.2, -0.15) is 0 Å². The molecule has 2 saturated heterocycles. The summed E-state index contributed by atoms with van der Waals surface area (Å²) >= 11 is 0. The third-order valence-corrected chi connectivity index (χ3v) is 6.00. The van der Waals surface area contributed by atoms with E-state index < -0.39 is 42.7 Å². The highest BCUT2D eigenvalue weighted by Gasteiger charge is 2.43. The van der Waals surface area contributed by atoms with Gasteiger partial charge in [0.15, 0.2) is 0 Å². The van der Waals surface area contributed by atoms with Crippen LogP contribution in [0, 0.1) is 5.92 Å². The molecule has 10 heteroatoms. The minimum Gasteiger partial charge on any atom is -0.480 e. The van der Waals surface area contributed by atoms with E-state index in [1.807, 2.05) is 13.8 Å². The van der Waals surface area contributed by atoms with Gasteiger partial charge in [0.2, 0.25) is 17.7 Å². The summed E-state index contributed by atoms with van der Waals surface area (Å²) in [6.45, 7) is 3.94. The number of aliphatic hydroxyl groups excluding tert-OH is 1. The maximum Gasteiger partial charge on any atom is 0.328 e. The van der Waals surface area contributed by atoms with Crippen molar-refractivity contribution in [1.29, 1.82) is 0 Å². The fourth-order valence-electron chi connectivity index (χ4n) is 3.92. The number of nitrogens with two attached hydrogens (primary N) is 1. The first-order valence-corrected chi connectivity index (χ1v) is 10.2. The van der Waals surface area contributed by atoms with Crippen LogP contribution in [0.4, 0.5) is 0 Å². The highest BCUT2D eigenvalue weighted by atomic mass is 16.4. The van der Waals surface area contributed by atoms with Crippen molar-refractivity contribution in [2.24, 2.45) is 11.7 Å². The van der Waals surface area contributed by atoms with Gasteiger partial charge in [-0.15, -0.1) is 0 Å². The topological polar surface area (TPSA) is 153 Å². The molecule has 2 aliphatic heterocycles. The van der Waals surface area contributed by atoms with E-state index in [2.05, 4.69) is 5.32 Å². The summed E-state index contributed by atoms with van der Waals surface area (Å²) in [7, 11) is 0. The van der Waals surface area contributed by atoms with Crippen LogP contribution in [0.5, 0.6) is 0 Å². The van der Waals surface area contributed by atoms with Crippen LogP contribution in [0.1, 0.15) is 46.0 Å². The molecule has 10 nitrogen and oxygen atoms in total. The standard InChI is InChI=1S/C19H32N4O6/c1-3-11(2)15(20)18(27)23-9-5-7-14(23)17(26)22-8-4-6-13(22)16(25)21-12(10-24)19(28)29/h11-15,24H,3-10,20H2,1-2H3,(H,21,25)(H,28,29). The van der Waals surface area contributed by atoms with Gasteiger partial charge in [-0.25, -0.2) is 4.79 Å². The van der Waals surface area contributed by atoms with Gasteiger partial charge in [0.1, 0.15) is 18.1 Å². The van der Waals surface area contributed by atoms with Gasteiger partial charge in [-0.05, 0) is 31.6 Å². The summed E-state index contributed by atoms with van der Waals surface area (Å²) in [6, 6.07) is -3.55. The maximum atomic E-state index is 13.2. The van der Waals surface area contributed by atoms with Crippen LogP contribution in [-0.4, -0.2) is 87.6 Å². The quantitative estimate of drug-likeness (QED) is 0.395. The minimum absolute atomic E-state index is 0.00408. The number of carboxylic acid groups (broad SMARTS) is 1. The number of hydrogen-bond donors (Lipinski definition) is 4. The SMILES string of the molecule is CCC(C)C(N)C(=O)N1CCCC1C(=O)N1CCCC1C(=O)NC(CO)C(=O)O. The zero-order chi connectivity index (χ0) is 21.7. The highest BCUT2D eigenvalue weighted by molar-refractivity contribution is 5.94. The highest BCUT2D eigenvalue weighted by Crippen LogP contribution is 2.26. The number of likely N-dealkylation sites (tertiary alicyclic amines) is 2. The zero-order valence-corrected chi connectivity index (χ0v) is 17.0. The second-order valence-electron chi connectivity index (χ2n) is 7.87. The molecule has 2 rings (SSSR count). The van der Waals surface area contributed by atoms with E-state index in [1.165, 1.54) is 9.80 Å². The number of carboxylic acids is 1. The van der Waals surface area contributed by atoms with Crippen molar-refractivity contribution < 1.29 is 29.4 Å². The van der Waals surface area contributed by atoms with Gasteiger partial charge >= 0.3 is 5.97 Å². The van der Waals surface area contributed by atoms with Crippen molar-refractivity contribution in [3.63, 3.8) is 0 Å². The summed E-state index contributed by atoms with van der Waals surface area (Å²) in [6.07, 6.45) is 2.96. The largest absolute Gasteiger partial charge is 0.480 e. The first kappa shape index (κ1) is 23.1. The number of amides is 3. The van der Waals surface area contributed by atoms with E-state index in [1.54, 1.807) is 0 Å². The van der Waals surface area contributed by atoms with Crippen molar-refractivity contribution in [2.45, 2.75) is 70.1 Å². The van der Waals surface area contributed by atoms with E-state index in [9.17, 15) is 19.2 Å². The Kier molecular flexibility index (Phi) is 7.97. The predicted molar refractivity (Wildman–Crippen MR) is 104 cm³/mol. The molecule has 2 aliphatic rings. The van der Waals surface area contributed by atoms with Crippen LogP contribution < -0.4 is 11.1 Å². The van der Waals surface area contributed by atoms with Crippen molar-refractivity contribution in [3.05, 3.63) is 0 Å². The second kappa shape index (κ2) is 10.0. The van der Waals surface area contributed by atoms with Crippen LogP contribution in [0.15, 0.2) is 0 Å². The lowest BCUT2D eigenvalue weighted by Gasteiger charge is -2.33. The third-order valence-electron chi connectivity index (χ3n) is 6.00. The number of hydrogen-bond acceptors (Lipinski definition) is 6. The van der Waals surface area contributed by atoms with E-state index >= 15 is 0 Å². The molecule has 0 saturated carbocycles. The summed E-state index contributed by atoms with van der Waals surface area (Å²) in [4.78, 5) is 52.5. The number of aliphatic hydroxyl groups is 1. The number of carbonyl (C=O) groups excluding carboxylic acids is 3. The van der Waals surface area contributed by atoms with E-state index in [0.29, 0.717) is 38.8 Å². The Hall–Kier alpha value is -2.20. The van der Waals surface area contributed by atoms with Crippen molar-refractivity contribution in [2.75, 3.05) is 19.7 Å². The predicted octanol–water partition coefficient (Wildman–Crippen LogP) is -1.10. The molecule has 0 spiro atoms. The van der Waals surface area contributed by atoms with Gasteiger partial charge in [-0.3, -0.25) is 14.4 Å². The Balaban J connectivity index is 2.10. The molecule has 0 bridgehead atoms. The van der Waals surface area contributed by atoms with E-state index in [-0.39, 0.29) is 17.7 Å². The molecule has 2 heterocycles. The lowest BCUT2D eigenvalue weighted by atomic mass is 9.98. The fraction of sp³-hybridized carbons (Fsp3) is 0.789. The van der Waals surface area contributed by atoms with Crippen LogP contribution in [0.2, 0.25) is 0 Å². The lowest BCUT2D eigenvalue weighted by Crippen LogP contribution is -2.57. The van der Waals surface area contributed by atoms with Crippen molar-refractivity contribution >= 4 is 23.7 Å². The Morgan fingerprint density at radius 3 is 2.24 bits per heavy atom. The summed E-state index contributed by atoms with van der Waals surface area (Å²) in [5, 5.41) is 20.4. The maximum absolute atomic E-state index is 13.2. The minimum atomic E-state index is -1.42. The lowest BCUT2D eigenvalue weighted by molar-refractivity contribution is -0.148. The molecule has 3 amide bonds. The molecule has 0 aromatic rings. The van der Waals surface area contributed by atoms with Gasteiger partial charge < -0.3 is 31.1 Å². The Morgan fingerprint density at radius 2 is 1.69 bits per heavy atom. The zero-order valence-electron chi connectivity index (χ0n) is 17.0. The Labute approximate surface area is 170 Å². The van der Waals surface area contributed by atoms with Crippen molar-refractivity contribution in [1.82, 2.24) is 15.1 Å². The molecule has 29 heavy (non-hydrogen) atoms. The molecular formula is C19H32N4O6. The molecule has 5 atom stereocenters. The number of nitrogens with one attached hydrogen (secondary N) is 1. The van der Waals surface area contributed by atoms with Crippen LogP contribution in [0.25, 0.3) is 0 Å². The number of rotatable bonds is 8. The van der Waals surface area contributed by atoms with E-state index in [4.69, 9.17) is 15.9 Å². The normalized spacial score (nSPS) is 24.8. The fourth-order valence-corrected chi connectivity index (χ4v) is 3.92. The van der Waals surface area contributed by atoms with Gasteiger partial charge in [0, 0.05) is 13.1 Å². The number of aliphatic carboxylic acids is 1. The summed E-state index contributed by atoms with van der Waals surface area (Å²) in [5.41, 5.74) is 6.08. The van der Waals surface area contributed by atoms with Crippen molar-refractivity contribution in [3.8, 4) is 0 Å². The number of carbonyl (C=O) groups is 4. The Bertz CT molecular complexity index is 642. The van der Waals surface area contributed by atoms with Gasteiger partial charge in [-0.1, -0.05) is 20.3 Å². The molecule has 164 valence electrons.